The molecule has 0 aromatic heterocycles. The lowest BCUT2D eigenvalue weighted by Gasteiger charge is -2.34. The number of halogens is 1. The van der Waals surface area contributed by atoms with E-state index in [1.165, 1.54) is 6.07 Å². The SMILES string of the molecule is C[C@H]1[C@H](C)CCC[C@H]1NS(=O)(=O)c1cc2c(cc1Br)NC(=O)CO2. The summed E-state index contributed by atoms with van der Waals surface area (Å²) in [5.41, 5.74) is 0.469. The van der Waals surface area contributed by atoms with Gasteiger partial charge in [-0.15, -0.1) is 0 Å². The molecule has 1 amide bonds. The molecule has 0 radical (unpaired) electrons. The van der Waals surface area contributed by atoms with Crippen molar-refractivity contribution in [1.82, 2.24) is 4.72 Å². The lowest BCUT2D eigenvalue weighted by molar-refractivity contribution is -0.118. The molecule has 1 heterocycles. The Labute approximate surface area is 150 Å². The first-order valence-corrected chi connectivity index (χ1v) is 10.3. The van der Waals surface area contributed by atoms with Gasteiger partial charge < -0.3 is 10.1 Å². The predicted octanol–water partition coefficient (Wildman–Crippen LogP) is 2.88. The molecular formula is C16H21BrN2O4S. The molecule has 24 heavy (non-hydrogen) atoms. The molecule has 1 aromatic rings. The van der Waals surface area contributed by atoms with Crippen LogP contribution in [0.25, 0.3) is 0 Å². The highest BCUT2D eigenvalue weighted by atomic mass is 79.9. The second-order valence-corrected chi connectivity index (χ2v) is 9.15. The Morgan fingerprint density at radius 3 is 2.79 bits per heavy atom. The Balaban J connectivity index is 1.88. The largest absolute Gasteiger partial charge is 0.482 e. The highest BCUT2D eigenvalue weighted by molar-refractivity contribution is 9.10. The Bertz CT molecular complexity index is 766. The van der Waals surface area contributed by atoms with Gasteiger partial charge in [0.1, 0.15) is 10.6 Å². The van der Waals surface area contributed by atoms with Crippen LogP contribution in [0.15, 0.2) is 21.5 Å². The molecule has 1 saturated carbocycles. The minimum atomic E-state index is -3.68. The van der Waals surface area contributed by atoms with Crippen LogP contribution in [0.5, 0.6) is 5.75 Å². The third kappa shape index (κ3) is 3.45. The van der Waals surface area contributed by atoms with E-state index in [0.29, 0.717) is 27.7 Å². The van der Waals surface area contributed by atoms with E-state index < -0.39 is 10.0 Å². The summed E-state index contributed by atoms with van der Waals surface area (Å²) in [5.74, 6) is 0.897. The molecule has 1 aliphatic heterocycles. The van der Waals surface area contributed by atoms with Gasteiger partial charge in [-0.2, -0.15) is 0 Å². The van der Waals surface area contributed by atoms with E-state index in [-0.39, 0.29) is 23.5 Å². The van der Waals surface area contributed by atoms with E-state index in [1.54, 1.807) is 6.07 Å². The van der Waals surface area contributed by atoms with Crippen LogP contribution in [0, 0.1) is 11.8 Å². The fourth-order valence-corrected chi connectivity index (χ4v) is 5.72. The second-order valence-electron chi connectivity index (χ2n) is 6.61. The zero-order chi connectivity index (χ0) is 17.5. The number of rotatable bonds is 3. The van der Waals surface area contributed by atoms with E-state index in [9.17, 15) is 13.2 Å². The van der Waals surface area contributed by atoms with Gasteiger partial charge >= 0.3 is 0 Å². The summed E-state index contributed by atoms with van der Waals surface area (Å²) in [4.78, 5) is 11.5. The number of hydrogen-bond donors (Lipinski definition) is 2. The molecule has 0 bridgehead atoms. The Morgan fingerprint density at radius 2 is 2.04 bits per heavy atom. The van der Waals surface area contributed by atoms with Crippen LogP contribution < -0.4 is 14.8 Å². The molecule has 1 aromatic carbocycles. The highest BCUT2D eigenvalue weighted by Gasteiger charge is 2.32. The zero-order valence-corrected chi connectivity index (χ0v) is 16.0. The molecule has 3 rings (SSSR count). The number of benzene rings is 1. The van der Waals surface area contributed by atoms with Crippen molar-refractivity contribution in [3.05, 3.63) is 16.6 Å². The predicted molar refractivity (Wildman–Crippen MR) is 94.6 cm³/mol. The Kier molecular flexibility index (Phi) is 4.90. The Morgan fingerprint density at radius 1 is 1.29 bits per heavy atom. The molecule has 2 N–H and O–H groups in total. The standard InChI is InChI=1S/C16H21BrN2O4S/c1-9-4-3-5-12(10(9)2)19-24(21,22)15-7-14-13(6-11(15)17)18-16(20)8-23-14/h6-7,9-10,12,19H,3-5,8H2,1-2H3,(H,18,20)/t9-,10+,12-/m1/s1. The van der Waals surface area contributed by atoms with Gasteiger partial charge in [-0.25, -0.2) is 13.1 Å². The smallest absolute Gasteiger partial charge is 0.262 e. The maximum absolute atomic E-state index is 12.8. The van der Waals surface area contributed by atoms with Gasteiger partial charge in [0.25, 0.3) is 5.91 Å². The molecule has 0 saturated heterocycles. The van der Waals surface area contributed by atoms with Gasteiger partial charge in [0.2, 0.25) is 10.0 Å². The molecule has 6 nitrogen and oxygen atoms in total. The maximum Gasteiger partial charge on any atom is 0.262 e. The molecular weight excluding hydrogens is 396 g/mol. The summed E-state index contributed by atoms with van der Waals surface area (Å²) in [7, 11) is -3.68. The fraction of sp³-hybridized carbons (Fsp3) is 0.562. The number of ether oxygens (including phenoxy) is 1. The summed E-state index contributed by atoms with van der Waals surface area (Å²) in [5, 5.41) is 2.66. The molecule has 2 aliphatic rings. The highest BCUT2D eigenvalue weighted by Crippen LogP contribution is 2.37. The van der Waals surface area contributed by atoms with Gasteiger partial charge in [-0.1, -0.05) is 26.7 Å². The molecule has 0 unspecified atom stereocenters. The number of amides is 1. The lowest BCUT2D eigenvalue weighted by atomic mass is 9.78. The topological polar surface area (TPSA) is 84.5 Å². The maximum atomic E-state index is 12.8. The first-order valence-electron chi connectivity index (χ1n) is 8.06. The van der Waals surface area contributed by atoms with E-state index in [1.807, 2.05) is 0 Å². The number of carbonyl (C=O) groups excluding carboxylic acids is 1. The summed E-state index contributed by atoms with van der Waals surface area (Å²) in [6.07, 6.45) is 3.01. The summed E-state index contributed by atoms with van der Waals surface area (Å²) in [6.45, 7) is 4.15. The first kappa shape index (κ1) is 17.7. The number of anilines is 1. The van der Waals surface area contributed by atoms with Crippen molar-refractivity contribution in [2.45, 2.75) is 44.0 Å². The number of fused-ring (bicyclic) bond motifs is 1. The van der Waals surface area contributed by atoms with Crippen LogP contribution in [0.4, 0.5) is 5.69 Å². The zero-order valence-electron chi connectivity index (χ0n) is 13.6. The normalized spacial score (nSPS) is 27.1. The third-order valence-electron chi connectivity index (χ3n) is 4.97. The third-order valence-corrected chi connectivity index (χ3v) is 7.42. The van der Waals surface area contributed by atoms with E-state index in [2.05, 4.69) is 39.8 Å². The minimum absolute atomic E-state index is 0.0673. The monoisotopic (exact) mass is 416 g/mol. The number of carbonyl (C=O) groups is 1. The molecule has 1 aliphatic carbocycles. The van der Waals surface area contributed by atoms with Crippen molar-refractivity contribution < 1.29 is 17.9 Å². The fourth-order valence-electron chi connectivity index (χ4n) is 3.30. The van der Waals surface area contributed by atoms with Crippen LogP contribution in [-0.2, 0) is 14.8 Å². The summed E-state index contributed by atoms with van der Waals surface area (Å²) in [6, 6.07) is 2.95. The lowest BCUT2D eigenvalue weighted by Crippen LogP contribution is -2.43. The van der Waals surface area contributed by atoms with Crippen LogP contribution in [0.3, 0.4) is 0 Å². The number of sulfonamides is 1. The minimum Gasteiger partial charge on any atom is -0.482 e. The molecule has 8 heteroatoms. The van der Waals surface area contributed by atoms with Crippen LogP contribution >= 0.6 is 15.9 Å². The molecule has 0 spiro atoms. The van der Waals surface area contributed by atoms with Crippen molar-refractivity contribution in [1.29, 1.82) is 0 Å². The van der Waals surface area contributed by atoms with E-state index in [4.69, 9.17) is 4.74 Å². The van der Waals surface area contributed by atoms with Gasteiger partial charge in [0, 0.05) is 16.6 Å². The first-order chi connectivity index (χ1) is 11.3. The van der Waals surface area contributed by atoms with Crippen molar-refractivity contribution in [2.24, 2.45) is 11.8 Å². The van der Waals surface area contributed by atoms with Gasteiger partial charge in [-0.3, -0.25) is 4.79 Å². The summed E-state index contributed by atoms with van der Waals surface area (Å²) >= 11 is 3.30. The van der Waals surface area contributed by atoms with Crippen LogP contribution in [-0.4, -0.2) is 27.0 Å². The van der Waals surface area contributed by atoms with Crippen molar-refractivity contribution in [3.63, 3.8) is 0 Å². The van der Waals surface area contributed by atoms with Crippen molar-refractivity contribution in [2.75, 3.05) is 11.9 Å². The van der Waals surface area contributed by atoms with E-state index >= 15 is 0 Å². The second kappa shape index (κ2) is 6.65. The van der Waals surface area contributed by atoms with Crippen molar-refractivity contribution >= 4 is 37.5 Å². The van der Waals surface area contributed by atoms with Gasteiger partial charge in [-0.05, 0) is 40.3 Å². The van der Waals surface area contributed by atoms with Gasteiger partial charge in [0.05, 0.1) is 5.69 Å². The average Bonchev–Trinajstić information content (AvgIpc) is 2.50. The number of hydrogen-bond acceptors (Lipinski definition) is 4. The summed E-state index contributed by atoms with van der Waals surface area (Å²) < 4.78 is 34.3. The van der Waals surface area contributed by atoms with E-state index in [0.717, 1.165) is 19.3 Å². The van der Waals surface area contributed by atoms with Crippen molar-refractivity contribution in [3.8, 4) is 5.75 Å². The van der Waals surface area contributed by atoms with Gasteiger partial charge in [0.15, 0.2) is 6.61 Å². The molecule has 1 fully saturated rings. The molecule has 3 atom stereocenters. The molecule has 132 valence electrons. The van der Waals surface area contributed by atoms with Crippen LogP contribution in [0.2, 0.25) is 0 Å². The Hall–Kier alpha value is -1.12. The number of nitrogens with one attached hydrogen (secondary N) is 2. The van der Waals surface area contributed by atoms with Crippen LogP contribution in [0.1, 0.15) is 33.1 Å². The quantitative estimate of drug-likeness (QED) is 0.792. The average molecular weight is 417 g/mol.